The molecule has 1 heterocycles. The number of Topliss-reactive ketones (excluding diaryl/α,β-unsaturated/α-hetero) is 1. The summed E-state index contributed by atoms with van der Waals surface area (Å²) < 4.78 is 0. The lowest BCUT2D eigenvalue weighted by Crippen LogP contribution is -2.29. The van der Waals surface area contributed by atoms with Gasteiger partial charge < -0.3 is 15.3 Å². The van der Waals surface area contributed by atoms with Gasteiger partial charge in [0.2, 0.25) is 0 Å². The highest BCUT2D eigenvalue weighted by Gasteiger charge is 2.47. The minimum absolute atomic E-state index is 0.0265. The smallest absolute Gasteiger partial charge is 0.300 e. The molecule has 1 atom stereocenters. The van der Waals surface area contributed by atoms with Gasteiger partial charge in [-0.3, -0.25) is 14.5 Å². The fourth-order valence-electron chi connectivity index (χ4n) is 4.02. The molecule has 1 amide bonds. The van der Waals surface area contributed by atoms with Crippen molar-refractivity contribution in [3.8, 4) is 11.5 Å². The second-order valence-corrected chi connectivity index (χ2v) is 8.07. The van der Waals surface area contributed by atoms with Crippen LogP contribution in [0.4, 0.5) is 5.69 Å². The summed E-state index contributed by atoms with van der Waals surface area (Å²) in [6, 6.07) is 15.3. The molecule has 1 saturated heterocycles. The molecule has 1 unspecified atom stereocenters. The first kappa shape index (κ1) is 21.2. The number of ketones is 1. The second kappa shape index (κ2) is 7.89. The van der Waals surface area contributed by atoms with E-state index in [9.17, 15) is 24.9 Å². The van der Waals surface area contributed by atoms with Gasteiger partial charge in [0.05, 0.1) is 17.3 Å². The third-order valence-electron chi connectivity index (χ3n) is 5.69. The molecule has 0 bridgehead atoms. The van der Waals surface area contributed by atoms with E-state index in [0.717, 1.165) is 16.7 Å². The van der Waals surface area contributed by atoms with E-state index in [1.165, 1.54) is 23.1 Å². The van der Waals surface area contributed by atoms with Crippen LogP contribution in [0.1, 0.15) is 33.9 Å². The molecule has 3 aromatic carbocycles. The van der Waals surface area contributed by atoms with Gasteiger partial charge in [-0.25, -0.2) is 0 Å². The molecule has 4 rings (SSSR count). The summed E-state index contributed by atoms with van der Waals surface area (Å²) >= 11 is 0. The SMILES string of the molecule is Cc1ccc(C)c(/C(O)=C2\C(=O)C(=O)N(c3cc(C)ccc3O)C2c2ccc(O)cc2)c1. The van der Waals surface area contributed by atoms with Crippen LogP contribution in [0.15, 0.2) is 66.2 Å². The second-order valence-electron chi connectivity index (χ2n) is 8.07. The first-order valence-electron chi connectivity index (χ1n) is 10.2. The molecule has 6 heteroatoms. The van der Waals surface area contributed by atoms with E-state index in [1.54, 1.807) is 30.3 Å². The number of anilines is 1. The van der Waals surface area contributed by atoms with Crippen molar-refractivity contribution in [1.29, 1.82) is 0 Å². The summed E-state index contributed by atoms with van der Waals surface area (Å²) in [4.78, 5) is 27.6. The fraction of sp³-hybridized carbons (Fsp3) is 0.154. The summed E-state index contributed by atoms with van der Waals surface area (Å²) in [6.45, 7) is 5.49. The van der Waals surface area contributed by atoms with Gasteiger partial charge in [0.25, 0.3) is 11.7 Å². The Balaban J connectivity index is 2.01. The molecule has 0 radical (unpaired) electrons. The topological polar surface area (TPSA) is 98.1 Å². The molecule has 3 aromatic rings. The Bertz CT molecular complexity index is 1270. The lowest BCUT2D eigenvalue weighted by Gasteiger charge is -2.26. The molecule has 32 heavy (non-hydrogen) atoms. The maximum absolute atomic E-state index is 13.2. The molecule has 0 spiro atoms. The Labute approximate surface area is 185 Å². The van der Waals surface area contributed by atoms with Gasteiger partial charge in [0.15, 0.2) is 0 Å². The Morgan fingerprint density at radius 3 is 2.16 bits per heavy atom. The van der Waals surface area contributed by atoms with E-state index in [4.69, 9.17) is 0 Å². The molecular formula is C26H23NO5. The lowest BCUT2D eigenvalue weighted by atomic mass is 9.93. The van der Waals surface area contributed by atoms with E-state index in [-0.39, 0.29) is 28.5 Å². The van der Waals surface area contributed by atoms with Crippen LogP contribution in [0, 0.1) is 20.8 Å². The van der Waals surface area contributed by atoms with Gasteiger partial charge in [0, 0.05) is 5.56 Å². The van der Waals surface area contributed by atoms with E-state index in [1.807, 2.05) is 32.9 Å². The number of hydrogen-bond donors (Lipinski definition) is 3. The Kier molecular flexibility index (Phi) is 5.22. The highest BCUT2D eigenvalue weighted by Crippen LogP contribution is 2.45. The zero-order chi connectivity index (χ0) is 23.2. The monoisotopic (exact) mass is 429 g/mol. The van der Waals surface area contributed by atoms with E-state index in [2.05, 4.69) is 0 Å². The van der Waals surface area contributed by atoms with Crippen LogP contribution < -0.4 is 4.90 Å². The fourth-order valence-corrected chi connectivity index (χ4v) is 4.02. The summed E-state index contributed by atoms with van der Waals surface area (Å²) in [5, 5.41) is 31.5. The predicted molar refractivity (Wildman–Crippen MR) is 122 cm³/mol. The average Bonchev–Trinajstić information content (AvgIpc) is 3.02. The lowest BCUT2D eigenvalue weighted by molar-refractivity contribution is -0.132. The summed E-state index contributed by atoms with van der Waals surface area (Å²) in [6.07, 6.45) is 0. The number of aromatic hydroxyl groups is 2. The zero-order valence-corrected chi connectivity index (χ0v) is 18.0. The summed E-state index contributed by atoms with van der Waals surface area (Å²) in [5.41, 5.74) is 3.50. The molecule has 6 nitrogen and oxygen atoms in total. The summed E-state index contributed by atoms with van der Waals surface area (Å²) in [7, 11) is 0. The average molecular weight is 429 g/mol. The third kappa shape index (κ3) is 3.50. The van der Waals surface area contributed by atoms with Crippen molar-refractivity contribution in [2.45, 2.75) is 26.8 Å². The van der Waals surface area contributed by atoms with E-state index < -0.39 is 17.7 Å². The van der Waals surface area contributed by atoms with Gasteiger partial charge in [0.1, 0.15) is 17.3 Å². The number of aliphatic hydroxyl groups is 1. The minimum Gasteiger partial charge on any atom is -0.508 e. The molecular weight excluding hydrogens is 406 g/mol. The van der Waals surface area contributed by atoms with Crippen LogP contribution in [-0.4, -0.2) is 27.0 Å². The molecule has 3 N–H and O–H groups in total. The van der Waals surface area contributed by atoms with Crippen LogP contribution in [0.2, 0.25) is 0 Å². The number of nitrogens with zero attached hydrogens (tertiary/aromatic N) is 1. The molecule has 0 aliphatic carbocycles. The number of carbonyl (C=O) groups excluding carboxylic acids is 2. The third-order valence-corrected chi connectivity index (χ3v) is 5.69. The van der Waals surface area contributed by atoms with Gasteiger partial charge in [-0.2, -0.15) is 0 Å². The van der Waals surface area contributed by atoms with E-state index in [0.29, 0.717) is 11.1 Å². The molecule has 1 aliphatic heterocycles. The van der Waals surface area contributed by atoms with Crippen molar-refractivity contribution < 1.29 is 24.9 Å². The predicted octanol–water partition coefficient (Wildman–Crippen LogP) is 4.65. The Morgan fingerprint density at radius 1 is 0.844 bits per heavy atom. The van der Waals surface area contributed by atoms with Crippen molar-refractivity contribution in [2.75, 3.05) is 4.90 Å². The largest absolute Gasteiger partial charge is 0.508 e. The number of carbonyl (C=O) groups is 2. The zero-order valence-electron chi connectivity index (χ0n) is 18.0. The molecule has 1 fully saturated rings. The Morgan fingerprint density at radius 2 is 1.47 bits per heavy atom. The van der Waals surface area contributed by atoms with Crippen molar-refractivity contribution >= 4 is 23.1 Å². The van der Waals surface area contributed by atoms with Crippen LogP contribution in [0.3, 0.4) is 0 Å². The van der Waals surface area contributed by atoms with Crippen LogP contribution in [-0.2, 0) is 9.59 Å². The standard InChI is InChI=1S/C26H23NO5/c1-14-4-6-16(3)19(12-14)24(30)22-23(17-7-9-18(28)10-8-17)27(26(32)25(22)31)20-13-15(2)5-11-21(20)29/h4-13,23,28-30H,1-3H3/b24-22+. The highest BCUT2D eigenvalue weighted by molar-refractivity contribution is 6.52. The van der Waals surface area contributed by atoms with Crippen molar-refractivity contribution in [2.24, 2.45) is 0 Å². The van der Waals surface area contributed by atoms with E-state index >= 15 is 0 Å². The number of hydrogen-bond acceptors (Lipinski definition) is 5. The maximum atomic E-state index is 13.2. The molecule has 1 aliphatic rings. The number of phenolic OH excluding ortho intramolecular Hbond substituents is 2. The number of rotatable bonds is 3. The van der Waals surface area contributed by atoms with Crippen molar-refractivity contribution in [1.82, 2.24) is 0 Å². The highest BCUT2D eigenvalue weighted by atomic mass is 16.3. The molecule has 0 aromatic heterocycles. The number of benzene rings is 3. The first-order valence-corrected chi connectivity index (χ1v) is 10.2. The first-order chi connectivity index (χ1) is 15.2. The normalized spacial score (nSPS) is 17.7. The van der Waals surface area contributed by atoms with Crippen LogP contribution in [0.25, 0.3) is 5.76 Å². The number of aryl methyl sites for hydroxylation is 3. The number of amides is 1. The number of phenols is 2. The van der Waals surface area contributed by atoms with Gasteiger partial charge in [-0.05, 0) is 67.8 Å². The molecule has 162 valence electrons. The van der Waals surface area contributed by atoms with Gasteiger partial charge in [-0.15, -0.1) is 0 Å². The van der Waals surface area contributed by atoms with Gasteiger partial charge in [-0.1, -0.05) is 35.9 Å². The summed E-state index contributed by atoms with van der Waals surface area (Å²) in [5.74, 6) is -2.11. The Hall–Kier alpha value is -4.06. The quantitative estimate of drug-likeness (QED) is 0.320. The van der Waals surface area contributed by atoms with Crippen molar-refractivity contribution in [3.05, 3.63) is 94.1 Å². The van der Waals surface area contributed by atoms with Crippen LogP contribution >= 0.6 is 0 Å². The van der Waals surface area contributed by atoms with Crippen molar-refractivity contribution in [3.63, 3.8) is 0 Å². The number of aliphatic hydroxyl groups excluding tert-OH is 1. The maximum Gasteiger partial charge on any atom is 0.300 e. The minimum atomic E-state index is -0.983. The molecule has 0 saturated carbocycles. The van der Waals surface area contributed by atoms with Crippen LogP contribution in [0.5, 0.6) is 11.5 Å². The van der Waals surface area contributed by atoms with Gasteiger partial charge >= 0.3 is 0 Å².